The van der Waals surface area contributed by atoms with E-state index in [1.54, 1.807) is 7.11 Å². The summed E-state index contributed by atoms with van der Waals surface area (Å²) in [5.41, 5.74) is 4.95. The van der Waals surface area contributed by atoms with E-state index in [1.165, 1.54) is 0 Å². The smallest absolute Gasteiger partial charge is 0.231 e. The van der Waals surface area contributed by atoms with Crippen molar-refractivity contribution in [2.45, 2.75) is 0 Å². The maximum Gasteiger partial charge on any atom is 0.231 e. The summed E-state index contributed by atoms with van der Waals surface area (Å²) in [6.45, 7) is 0.278. The van der Waals surface area contributed by atoms with Crippen molar-refractivity contribution in [2.75, 3.05) is 13.9 Å². The predicted octanol–water partition coefficient (Wildman–Crippen LogP) is 1.45. The zero-order chi connectivity index (χ0) is 11.1. The fourth-order valence-electron chi connectivity index (χ4n) is 1.95. The summed E-state index contributed by atoms with van der Waals surface area (Å²) in [6, 6.07) is 7.73. The van der Waals surface area contributed by atoms with Crippen LogP contribution in [0.1, 0.15) is 0 Å². The highest BCUT2D eigenvalue weighted by molar-refractivity contribution is 5.97. The first kappa shape index (κ1) is 9.30. The Balaban J connectivity index is 2.37. The van der Waals surface area contributed by atoms with E-state index in [1.807, 2.05) is 24.3 Å². The van der Waals surface area contributed by atoms with Gasteiger partial charge in [0.05, 0.1) is 12.5 Å². The Morgan fingerprint density at radius 2 is 1.81 bits per heavy atom. The van der Waals surface area contributed by atoms with Gasteiger partial charge in [0.1, 0.15) is 11.4 Å². The number of hydrogen-bond donors (Lipinski definition) is 1. The summed E-state index contributed by atoms with van der Waals surface area (Å²) in [5.74, 6) is 2.35. The van der Waals surface area contributed by atoms with Gasteiger partial charge in [-0.2, -0.15) is 0 Å². The monoisotopic (exact) mass is 218 g/mol. The Kier molecular flexibility index (Phi) is 1.91. The molecule has 1 aliphatic heterocycles. The van der Waals surface area contributed by atoms with Crippen LogP contribution < -0.4 is 19.9 Å². The van der Waals surface area contributed by atoms with Crippen molar-refractivity contribution in [1.82, 2.24) is 0 Å². The molecule has 0 fully saturated rings. The molecule has 0 unspecified atom stereocenters. The number of ether oxygens (including phenoxy) is 3. The van der Waals surface area contributed by atoms with E-state index in [2.05, 4.69) is 5.73 Å². The van der Waals surface area contributed by atoms with E-state index < -0.39 is 0 Å². The third-order valence-electron chi connectivity index (χ3n) is 2.78. The van der Waals surface area contributed by atoms with Crippen LogP contribution in [-0.4, -0.2) is 13.9 Å². The van der Waals surface area contributed by atoms with E-state index in [-0.39, 0.29) is 6.79 Å². The molecular weight excluding hydrogens is 206 g/mol. The minimum absolute atomic E-state index is 0.278. The average molecular weight is 218 g/mol. The minimum atomic E-state index is 0.278. The van der Waals surface area contributed by atoms with Gasteiger partial charge in [-0.1, -0.05) is 0 Å². The molecule has 0 bridgehead atoms. The largest absolute Gasteiger partial charge is 0.496 e. The molecule has 3 N–H and O–H groups in total. The topological polar surface area (TPSA) is 55.3 Å². The summed E-state index contributed by atoms with van der Waals surface area (Å²) in [6.07, 6.45) is 0. The zero-order valence-electron chi connectivity index (χ0n) is 8.95. The lowest BCUT2D eigenvalue weighted by molar-refractivity contribution is -0.252. The fraction of sp³-hybridized carbons (Fsp3) is 0.167. The summed E-state index contributed by atoms with van der Waals surface area (Å²) >= 11 is 0. The third kappa shape index (κ3) is 1.20. The van der Waals surface area contributed by atoms with Gasteiger partial charge in [0, 0.05) is 11.5 Å². The molecule has 0 saturated heterocycles. The van der Waals surface area contributed by atoms with E-state index >= 15 is 0 Å². The third-order valence-corrected chi connectivity index (χ3v) is 2.78. The van der Waals surface area contributed by atoms with Gasteiger partial charge in [-0.3, -0.25) is 0 Å². The minimum Gasteiger partial charge on any atom is -0.496 e. The lowest BCUT2D eigenvalue weighted by atomic mass is 10.1. The van der Waals surface area contributed by atoms with E-state index in [0.717, 1.165) is 33.7 Å². The highest BCUT2D eigenvalue weighted by Crippen LogP contribution is 2.40. The predicted molar refractivity (Wildman–Crippen MR) is 59.2 cm³/mol. The Morgan fingerprint density at radius 3 is 2.50 bits per heavy atom. The molecule has 0 aliphatic carbocycles. The normalized spacial score (nSPS) is 13.1. The van der Waals surface area contributed by atoms with Gasteiger partial charge in [0.2, 0.25) is 6.79 Å². The standard InChI is InChI=1S/C12H11NO3/c1-14-10-3-2-9(13)7-4-11-12(5-8(7)10)16-6-15-11/h2-5H,6,13H2,1H3/p+1. The zero-order valence-corrected chi connectivity index (χ0v) is 8.95. The second-order valence-electron chi connectivity index (χ2n) is 3.68. The van der Waals surface area contributed by atoms with Crippen molar-refractivity contribution in [1.29, 1.82) is 0 Å². The van der Waals surface area contributed by atoms with Gasteiger partial charge in [0.15, 0.2) is 11.5 Å². The Labute approximate surface area is 92.5 Å². The Bertz CT molecular complexity index is 566. The van der Waals surface area contributed by atoms with Crippen molar-refractivity contribution < 1.29 is 19.9 Å². The number of quaternary nitrogens is 1. The van der Waals surface area contributed by atoms with Crippen molar-refractivity contribution in [3.63, 3.8) is 0 Å². The maximum atomic E-state index is 5.35. The number of hydrogen-bond acceptors (Lipinski definition) is 3. The average Bonchev–Trinajstić information content (AvgIpc) is 2.75. The molecule has 0 saturated carbocycles. The molecule has 1 heterocycles. The highest BCUT2D eigenvalue weighted by atomic mass is 16.7. The van der Waals surface area contributed by atoms with Crippen molar-refractivity contribution in [3.8, 4) is 17.2 Å². The molecule has 0 atom stereocenters. The molecule has 0 spiro atoms. The highest BCUT2D eigenvalue weighted by Gasteiger charge is 2.17. The van der Waals surface area contributed by atoms with Gasteiger partial charge >= 0.3 is 0 Å². The molecule has 3 rings (SSSR count). The van der Waals surface area contributed by atoms with Gasteiger partial charge in [-0.15, -0.1) is 0 Å². The van der Waals surface area contributed by atoms with Crippen LogP contribution in [0, 0.1) is 0 Å². The number of methoxy groups -OCH3 is 1. The summed E-state index contributed by atoms with van der Waals surface area (Å²) in [4.78, 5) is 0. The molecule has 1 aliphatic rings. The van der Waals surface area contributed by atoms with Crippen LogP contribution in [0.4, 0.5) is 5.69 Å². The molecule has 2 aromatic rings. The van der Waals surface area contributed by atoms with Gasteiger partial charge in [0.25, 0.3) is 0 Å². The van der Waals surface area contributed by atoms with Crippen LogP contribution >= 0.6 is 0 Å². The lowest BCUT2D eigenvalue weighted by Crippen LogP contribution is -2.40. The first-order valence-corrected chi connectivity index (χ1v) is 5.02. The molecule has 16 heavy (non-hydrogen) atoms. The summed E-state index contributed by atoms with van der Waals surface area (Å²) < 4.78 is 16.0. The molecule has 0 amide bonds. The summed E-state index contributed by atoms with van der Waals surface area (Å²) in [7, 11) is 1.65. The van der Waals surface area contributed by atoms with E-state index in [0.29, 0.717) is 0 Å². The van der Waals surface area contributed by atoms with Crippen molar-refractivity contribution in [3.05, 3.63) is 24.3 Å². The van der Waals surface area contributed by atoms with Crippen LogP contribution in [0.25, 0.3) is 10.8 Å². The number of benzene rings is 2. The first-order chi connectivity index (χ1) is 7.79. The molecule has 0 aromatic heterocycles. The van der Waals surface area contributed by atoms with Crippen LogP contribution in [0.5, 0.6) is 17.2 Å². The Hall–Kier alpha value is -1.94. The van der Waals surface area contributed by atoms with Gasteiger partial charge < -0.3 is 19.9 Å². The quantitative estimate of drug-likeness (QED) is 0.788. The van der Waals surface area contributed by atoms with E-state index in [9.17, 15) is 0 Å². The van der Waals surface area contributed by atoms with Gasteiger partial charge in [-0.05, 0) is 18.2 Å². The lowest BCUT2D eigenvalue weighted by Gasteiger charge is -2.07. The molecule has 82 valence electrons. The van der Waals surface area contributed by atoms with Crippen LogP contribution in [0.15, 0.2) is 24.3 Å². The van der Waals surface area contributed by atoms with Crippen LogP contribution in [-0.2, 0) is 0 Å². The molecule has 4 heteroatoms. The molecule has 2 aromatic carbocycles. The van der Waals surface area contributed by atoms with Crippen LogP contribution in [0.2, 0.25) is 0 Å². The maximum absolute atomic E-state index is 5.35. The van der Waals surface area contributed by atoms with Crippen molar-refractivity contribution >= 4 is 16.5 Å². The second kappa shape index (κ2) is 3.28. The molecular formula is C12H12NO3+. The SMILES string of the molecule is COc1ccc([NH3+])c2cc3c(cc12)OCO3. The number of fused-ring (bicyclic) bond motifs is 2. The molecule has 4 nitrogen and oxygen atoms in total. The fourth-order valence-corrected chi connectivity index (χ4v) is 1.95. The molecule has 0 radical (unpaired) electrons. The first-order valence-electron chi connectivity index (χ1n) is 5.02. The second-order valence-corrected chi connectivity index (χ2v) is 3.68. The van der Waals surface area contributed by atoms with Crippen molar-refractivity contribution in [2.24, 2.45) is 0 Å². The van der Waals surface area contributed by atoms with Crippen LogP contribution in [0.3, 0.4) is 0 Å². The Morgan fingerprint density at radius 1 is 1.12 bits per heavy atom. The van der Waals surface area contributed by atoms with E-state index in [4.69, 9.17) is 14.2 Å². The van der Waals surface area contributed by atoms with Gasteiger partial charge in [-0.25, -0.2) is 0 Å². The summed E-state index contributed by atoms with van der Waals surface area (Å²) in [5, 5.41) is 2.03. The number of rotatable bonds is 1.